The molecule has 1 aliphatic heterocycles. The van der Waals surface area contributed by atoms with Crippen LogP contribution in [0.1, 0.15) is 33.6 Å². The van der Waals surface area contributed by atoms with Crippen molar-refractivity contribution in [2.24, 2.45) is 0 Å². The van der Waals surface area contributed by atoms with Gasteiger partial charge in [0.15, 0.2) is 0 Å². The normalized spacial score (nSPS) is 19.5. The first-order valence-corrected chi connectivity index (χ1v) is 6.10. The van der Waals surface area contributed by atoms with Gasteiger partial charge in [-0.1, -0.05) is 0 Å². The molecule has 102 valence electrons. The number of carbonyl (C=O) groups excluding carboxylic acids is 2. The van der Waals surface area contributed by atoms with Gasteiger partial charge in [-0.05, 0) is 33.6 Å². The minimum absolute atomic E-state index is 0.0841. The SMILES string of the molecule is CC(C)(C)OC(=O)NCC(=O)N1CCCC1C=N. The first-order chi connectivity index (χ1) is 8.33. The van der Waals surface area contributed by atoms with Crippen LogP contribution in [-0.4, -0.2) is 47.8 Å². The number of hydrogen-bond acceptors (Lipinski definition) is 4. The third-order valence-corrected chi connectivity index (χ3v) is 2.59. The smallest absolute Gasteiger partial charge is 0.408 e. The van der Waals surface area contributed by atoms with E-state index < -0.39 is 11.7 Å². The molecular formula is C12H21N3O3. The number of nitrogens with zero attached hydrogens (tertiary/aromatic N) is 1. The topological polar surface area (TPSA) is 82.5 Å². The first kappa shape index (κ1) is 14.5. The molecule has 6 nitrogen and oxygen atoms in total. The van der Waals surface area contributed by atoms with Crippen molar-refractivity contribution in [3.05, 3.63) is 0 Å². The number of rotatable bonds is 3. The van der Waals surface area contributed by atoms with Crippen molar-refractivity contribution in [1.82, 2.24) is 10.2 Å². The lowest BCUT2D eigenvalue weighted by Crippen LogP contribution is -2.44. The van der Waals surface area contributed by atoms with Crippen molar-refractivity contribution in [1.29, 1.82) is 5.41 Å². The zero-order chi connectivity index (χ0) is 13.8. The molecule has 0 bridgehead atoms. The average molecular weight is 255 g/mol. The van der Waals surface area contributed by atoms with Gasteiger partial charge in [-0.3, -0.25) is 4.79 Å². The van der Waals surface area contributed by atoms with Crippen molar-refractivity contribution in [3.63, 3.8) is 0 Å². The number of amides is 2. The fourth-order valence-electron chi connectivity index (χ4n) is 1.84. The second kappa shape index (κ2) is 5.84. The average Bonchev–Trinajstić information content (AvgIpc) is 2.71. The van der Waals surface area contributed by atoms with Crippen molar-refractivity contribution in [2.45, 2.75) is 45.3 Å². The number of hydrogen-bond donors (Lipinski definition) is 2. The van der Waals surface area contributed by atoms with E-state index in [0.29, 0.717) is 6.54 Å². The summed E-state index contributed by atoms with van der Waals surface area (Å²) in [6, 6.07) is -0.127. The van der Waals surface area contributed by atoms with Crippen molar-refractivity contribution in [3.8, 4) is 0 Å². The van der Waals surface area contributed by atoms with E-state index >= 15 is 0 Å². The van der Waals surface area contributed by atoms with Gasteiger partial charge in [0.2, 0.25) is 5.91 Å². The minimum Gasteiger partial charge on any atom is -0.444 e. The van der Waals surface area contributed by atoms with Crippen LogP contribution in [0.2, 0.25) is 0 Å². The molecular weight excluding hydrogens is 234 g/mol. The van der Waals surface area contributed by atoms with E-state index in [1.54, 1.807) is 25.7 Å². The molecule has 6 heteroatoms. The molecule has 1 atom stereocenters. The molecule has 18 heavy (non-hydrogen) atoms. The van der Waals surface area contributed by atoms with E-state index in [4.69, 9.17) is 10.1 Å². The largest absolute Gasteiger partial charge is 0.444 e. The molecule has 0 aromatic carbocycles. The highest BCUT2D eigenvalue weighted by atomic mass is 16.6. The predicted octanol–water partition coefficient (Wildman–Crippen LogP) is 1.15. The van der Waals surface area contributed by atoms with Crippen molar-refractivity contribution >= 4 is 18.2 Å². The fourth-order valence-corrected chi connectivity index (χ4v) is 1.84. The maximum absolute atomic E-state index is 11.8. The monoisotopic (exact) mass is 255 g/mol. The lowest BCUT2D eigenvalue weighted by Gasteiger charge is -2.23. The van der Waals surface area contributed by atoms with Crippen LogP contribution in [0.5, 0.6) is 0 Å². The zero-order valence-electron chi connectivity index (χ0n) is 11.2. The summed E-state index contributed by atoms with van der Waals surface area (Å²) in [5.41, 5.74) is -0.571. The van der Waals surface area contributed by atoms with Crippen LogP contribution < -0.4 is 5.32 Å². The second-order valence-corrected chi connectivity index (χ2v) is 5.32. The quantitative estimate of drug-likeness (QED) is 0.742. The van der Waals surface area contributed by atoms with Gasteiger partial charge in [-0.25, -0.2) is 4.79 Å². The lowest BCUT2D eigenvalue weighted by atomic mass is 10.2. The van der Waals surface area contributed by atoms with Gasteiger partial charge in [0.1, 0.15) is 12.1 Å². The van der Waals surface area contributed by atoms with E-state index in [1.165, 1.54) is 6.21 Å². The molecule has 0 saturated carbocycles. The fraction of sp³-hybridized carbons (Fsp3) is 0.750. The molecule has 2 amide bonds. The van der Waals surface area contributed by atoms with Crippen LogP contribution in [0, 0.1) is 5.41 Å². The van der Waals surface area contributed by atoms with Crippen LogP contribution in [0.4, 0.5) is 4.79 Å². The maximum atomic E-state index is 11.8. The summed E-state index contributed by atoms with van der Waals surface area (Å²) < 4.78 is 5.04. The molecule has 1 heterocycles. The maximum Gasteiger partial charge on any atom is 0.408 e. The Balaban J connectivity index is 2.37. The Kier molecular flexibility index (Phi) is 4.69. The van der Waals surface area contributed by atoms with Crippen LogP contribution in [-0.2, 0) is 9.53 Å². The Hall–Kier alpha value is -1.59. The van der Waals surface area contributed by atoms with Crippen LogP contribution >= 0.6 is 0 Å². The molecule has 1 saturated heterocycles. The molecule has 0 aliphatic carbocycles. The third kappa shape index (κ3) is 4.35. The Morgan fingerprint density at radius 2 is 2.17 bits per heavy atom. The first-order valence-electron chi connectivity index (χ1n) is 6.10. The summed E-state index contributed by atoms with van der Waals surface area (Å²) in [7, 11) is 0. The highest BCUT2D eigenvalue weighted by molar-refractivity contribution is 5.85. The summed E-state index contributed by atoms with van der Waals surface area (Å²) >= 11 is 0. The predicted molar refractivity (Wildman–Crippen MR) is 67.8 cm³/mol. The summed E-state index contributed by atoms with van der Waals surface area (Å²) in [5.74, 6) is -0.174. The van der Waals surface area contributed by atoms with E-state index in [1.807, 2.05) is 0 Å². The Labute approximate surface area is 107 Å². The molecule has 1 aliphatic rings. The van der Waals surface area contributed by atoms with Crippen molar-refractivity contribution in [2.75, 3.05) is 13.1 Å². The number of carbonyl (C=O) groups is 2. The Morgan fingerprint density at radius 1 is 1.50 bits per heavy atom. The van der Waals surface area contributed by atoms with E-state index in [2.05, 4.69) is 5.32 Å². The summed E-state index contributed by atoms with van der Waals surface area (Å²) in [4.78, 5) is 24.8. The number of ether oxygens (including phenoxy) is 1. The molecule has 0 radical (unpaired) electrons. The van der Waals surface area contributed by atoms with E-state index in [-0.39, 0.29) is 18.5 Å². The standard InChI is InChI=1S/C12H21N3O3/c1-12(2,3)18-11(17)14-8-10(16)15-6-4-5-9(15)7-13/h7,9,13H,4-6,8H2,1-3H3,(H,14,17). The second-order valence-electron chi connectivity index (χ2n) is 5.32. The molecule has 0 aromatic rings. The van der Waals surface area contributed by atoms with Gasteiger partial charge in [-0.15, -0.1) is 0 Å². The van der Waals surface area contributed by atoms with Crippen LogP contribution in [0.15, 0.2) is 0 Å². The highest BCUT2D eigenvalue weighted by Crippen LogP contribution is 2.15. The molecule has 2 N–H and O–H groups in total. The van der Waals surface area contributed by atoms with Crippen LogP contribution in [0.25, 0.3) is 0 Å². The summed E-state index contributed by atoms with van der Waals surface area (Å²) in [6.07, 6.45) is 2.40. The van der Waals surface area contributed by atoms with Gasteiger partial charge < -0.3 is 20.4 Å². The van der Waals surface area contributed by atoms with Crippen molar-refractivity contribution < 1.29 is 14.3 Å². The Bertz CT molecular complexity index is 336. The molecule has 1 unspecified atom stereocenters. The summed E-state index contributed by atoms with van der Waals surface area (Å²) in [5, 5.41) is 9.66. The third-order valence-electron chi connectivity index (χ3n) is 2.59. The number of alkyl carbamates (subject to hydrolysis) is 1. The summed E-state index contributed by atoms with van der Waals surface area (Å²) in [6.45, 7) is 5.86. The van der Waals surface area contributed by atoms with Crippen LogP contribution in [0.3, 0.4) is 0 Å². The molecule has 1 rings (SSSR count). The Morgan fingerprint density at radius 3 is 2.72 bits per heavy atom. The van der Waals surface area contributed by atoms with Gasteiger partial charge in [0.25, 0.3) is 0 Å². The van der Waals surface area contributed by atoms with Gasteiger partial charge in [0, 0.05) is 12.8 Å². The van der Waals surface area contributed by atoms with Gasteiger partial charge in [-0.2, -0.15) is 0 Å². The lowest BCUT2D eigenvalue weighted by molar-refractivity contribution is -0.130. The zero-order valence-corrected chi connectivity index (χ0v) is 11.2. The van der Waals surface area contributed by atoms with Gasteiger partial charge >= 0.3 is 6.09 Å². The number of nitrogens with one attached hydrogen (secondary N) is 2. The minimum atomic E-state index is -0.596. The number of likely N-dealkylation sites (tertiary alicyclic amines) is 1. The molecule has 1 fully saturated rings. The molecule has 0 spiro atoms. The van der Waals surface area contributed by atoms with Gasteiger partial charge in [0.05, 0.1) is 6.04 Å². The molecule has 0 aromatic heterocycles. The van der Waals surface area contributed by atoms with E-state index in [0.717, 1.165) is 12.8 Å². The highest BCUT2D eigenvalue weighted by Gasteiger charge is 2.27. The van der Waals surface area contributed by atoms with E-state index in [9.17, 15) is 9.59 Å².